The van der Waals surface area contributed by atoms with Crippen LogP contribution in [0.2, 0.25) is 0 Å². The van der Waals surface area contributed by atoms with Crippen LogP contribution in [-0.4, -0.2) is 17.2 Å². The molecule has 0 saturated heterocycles. The van der Waals surface area contributed by atoms with Crippen LogP contribution >= 0.6 is 0 Å². The highest BCUT2D eigenvalue weighted by Gasteiger charge is 2.38. The quantitative estimate of drug-likeness (QED) is 0.288. The molecule has 1 saturated carbocycles. The van der Waals surface area contributed by atoms with Crippen molar-refractivity contribution >= 4 is 11.8 Å². The maximum atomic E-state index is 12.2. The third kappa shape index (κ3) is 5.44. The smallest absolute Gasteiger partial charge is 0.431 e. The molecule has 6 heteroatoms. The first-order valence-corrected chi connectivity index (χ1v) is 9.31. The van der Waals surface area contributed by atoms with Crippen LogP contribution in [0.1, 0.15) is 59.8 Å². The molecular weight excluding hydrogens is 334 g/mol. The number of carbonyl (C=O) groups excluding carboxylic acids is 1. The van der Waals surface area contributed by atoms with E-state index in [-0.39, 0.29) is 28.9 Å². The van der Waals surface area contributed by atoms with Gasteiger partial charge in [-0.1, -0.05) is 52.9 Å². The molecule has 0 aliphatic heterocycles. The number of hydrogen-bond donors (Lipinski definition) is 0. The molecule has 1 aliphatic carbocycles. The van der Waals surface area contributed by atoms with Gasteiger partial charge in [-0.2, -0.15) is 0 Å². The molecule has 2 rings (SSSR count). The first-order valence-electron chi connectivity index (χ1n) is 9.31. The third-order valence-corrected chi connectivity index (χ3v) is 5.19. The minimum absolute atomic E-state index is 0.0229. The Balaban J connectivity index is 1.99. The zero-order valence-corrected chi connectivity index (χ0v) is 16.1. The molecule has 0 N–H and O–H groups in total. The number of benzene rings is 1. The van der Waals surface area contributed by atoms with E-state index in [1.807, 2.05) is 6.92 Å². The molecule has 0 aromatic heterocycles. The highest BCUT2D eigenvalue weighted by Crippen LogP contribution is 2.42. The summed E-state index contributed by atoms with van der Waals surface area (Å²) in [4.78, 5) is 22.4. The van der Waals surface area contributed by atoms with Gasteiger partial charge in [-0.15, -0.1) is 0 Å². The van der Waals surface area contributed by atoms with E-state index in [1.165, 1.54) is 56.4 Å². The van der Waals surface area contributed by atoms with Crippen molar-refractivity contribution in [1.29, 1.82) is 0 Å². The van der Waals surface area contributed by atoms with Gasteiger partial charge in [0.2, 0.25) is 0 Å². The number of hydrogen-bond acceptors (Lipinski definition) is 5. The minimum atomic E-state index is -0.767. The fourth-order valence-electron chi connectivity index (χ4n) is 4.27. The van der Waals surface area contributed by atoms with Crippen LogP contribution in [0.15, 0.2) is 24.3 Å². The predicted molar refractivity (Wildman–Crippen MR) is 99.2 cm³/mol. The molecule has 0 bridgehead atoms. The predicted octanol–water partition coefficient (Wildman–Crippen LogP) is 5.74. The molecule has 26 heavy (non-hydrogen) atoms. The van der Waals surface area contributed by atoms with Crippen LogP contribution in [0.5, 0.6) is 5.75 Å². The van der Waals surface area contributed by atoms with Crippen molar-refractivity contribution < 1.29 is 19.2 Å². The van der Waals surface area contributed by atoms with Crippen molar-refractivity contribution in [2.45, 2.75) is 65.9 Å². The molecule has 6 nitrogen and oxygen atoms in total. The van der Waals surface area contributed by atoms with Gasteiger partial charge in [0, 0.05) is 18.1 Å². The Kier molecular flexibility index (Phi) is 6.62. The lowest BCUT2D eigenvalue weighted by atomic mass is 9.66. The standard InChI is InChI=1S/C20H29NO5/c1-14(18(20(2,3)4)15-8-6-5-7-9-15)25-19(22)26-17-12-10-16(11-13-17)21(23)24/h10-15,18H,5-9H2,1-4H3. The van der Waals surface area contributed by atoms with Crippen LogP contribution in [0.3, 0.4) is 0 Å². The molecule has 0 heterocycles. The number of carbonyl (C=O) groups is 1. The highest BCUT2D eigenvalue weighted by atomic mass is 16.7. The van der Waals surface area contributed by atoms with E-state index in [0.717, 1.165) is 0 Å². The summed E-state index contributed by atoms with van der Waals surface area (Å²) in [5.74, 6) is 1.04. The molecule has 2 atom stereocenters. The summed E-state index contributed by atoms with van der Waals surface area (Å²) in [7, 11) is 0. The topological polar surface area (TPSA) is 78.7 Å². The van der Waals surface area contributed by atoms with E-state index in [9.17, 15) is 14.9 Å². The van der Waals surface area contributed by atoms with Crippen LogP contribution in [0.4, 0.5) is 10.5 Å². The average molecular weight is 363 g/mol. The molecule has 0 radical (unpaired) electrons. The maximum absolute atomic E-state index is 12.2. The van der Waals surface area contributed by atoms with E-state index in [2.05, 4.69) is 20.8 Å². The number of non-ortho nitro benzene ring substituents is 1. The Morgan fingerprint density at radius 3 is 2.23 bits per heavy atom. The zero-order valence-electron chi connectivity index (χ0n) is 16.1. The van der Waals surface area contributed by atoms with Gasteiger partial charge in [0.1, 0.15) is 11.9 Å². The lowest BCUT2D eigenvalue weighted by Crippen LogP contribution is -2.40. The molecular formula is C20H29NO5. The summed E-state index contributed by atoms with van der Waals surface area (Å²) in [6.07, 6.45) is 5.07. The zero-order chi connectivity index (χ0) is 19.3. The second kappa shape index (κ2) is 8.52. The molecule has 1 aliphatic rings. The number of nitro groups is 1. The number of ether oxygens (including phenoxy) is 2. The number of nitrogens with zero attached hydrogens (tertiary/aromatic N) is 1. The Hall–Kier alpha value is -2.11. The van der Waals surface area contributed by atoms with Crippen molar-refractivity contribution in [3.05, 3.63) is 34.4 Å². The number of rotatable bonds is 5. The van der Waals surface area contributed by atoms with E-state index in [4.69, 9.17) is 9.47 Å². The fraction of sp³-hybridized carbons (Fsp3) is 0.650. The van der Waals surface area contributed by atoms with Crippen molar-refractivity contribution in [1.82, 2.24) is 0 Å². The van der Waals surface area contributed by atoms with Gasteiger partial charge in [-0.25, -0.2) is 4.79 Å². The van der Waals surface area contributed by atoms with Gasteiger partial charge >= 0.3 is 6.16 Å². The third-order valence-electron chi connectivity index (χ3n) is 5.19. The first kappa shape index (κ1) is 20.2. The Morgan fingerprint density at radius 2 is 1.73 bits per heavy atom. The van der Waals surface area contributed by atoms with Crippen LogP contribution < -0.4 is 4.74 Å². The molecule has 1 fully saturated rings. The SMILES string of the molecule is CC(OC(=O)Oc1ccc([N+](=O)[O-])cc1)C(C1CCCCC1)C(C)(C)C. The van der Waals surface area contributed by atoms with Gasteiger partial charge < -0.3 is 9.47 Å². The minimum Gasteiger partial charge on any atom is -0.431 e. The second-order valence-electron chi connectivity index (χ2n) is 8.22. The van der Waals surface area contributed by atoms with Crippen molar-refractivity contribution in [3.63, 3.8) is 0 Å². The van der Waals surface area contributed by atoms with Gasteiger partial charge in [-0.05, 0) is 30.4 Å². The fourth-order valence-corrected chi connectivity index (χ4v) is 4.27. The van der Waals surface area contributed by atoms with Gasteiger partial charge in [0.05, 0.1) is 4.92 Å². The molecule has 144 valence electrons. The molecule has 0 spiro atoms. The monoisotopic (exact) mass is 363 g/mol. The molecule has 0 amide bonds. The van der Waals surface area contributed by atoms with Crippen molar-refractivity contribution in [3.8, 4) is 5.75 Å². The summed E-state index contributed by atoms with van der Waals surface area (Å²) >= 11 is 0. The van der Waals surface area contributed by atoms with E-state index in [0.29, 0.717) is 5.92 Å². The van der Waals surface area contributed by atoms with Crippen molar-refractivity contribution in [2.75, 3.05) is 0 Å². The lowest BCUT2D eigenvalue weighted by molar-refractivity contribution is -0.384. The Morgan fingerprint density at radius 1 is 1.15 bits per heavy atom. The van der Waals surface area contributed by atoms with Gasteiger partial charge in [0.15, 0.2) is 0 Å². The summed E-state index contributed by atoms with van der Waals surface area (Å²) in [5, 5.41) is 10.7. The molecule has 1 aromatic rings. The first-order chi connectivity index (χ1) is 12.2. The molecule has 2 unspecified atom stereocenters. The van der Waals surface area contributed by atoms with Crippen LogP contribution in [0, 0.1) is 27.4 Å². The van der Waals surface area contributed by atoms with Crippen molar-refractivity contribution in [2.24, 2.45) is 17.3 Å². The Labute approximate surface area is 155 Å². The van der Waals surface area contributed by atoms with E-state index in [1.54, 1.807) is 0 Å². The van der Waals surface area contributed by atoms with Crippen LogP contribution in [-0.2, 0) is 4.74 Å². The van der Waals surface area contributed by atoms with Gasteiger partial charge in [-0.3, -0.25) is 10.1 Å². The lowest BCUT2D eigenvalue weighted by Gasteiger charge is -2.42. The summed E-state index contributed by atoms with van der Waals surface area (Å²) in [6.45, 7) is 8.50. The summed E-state index contributed by atoms with van der Waals surface area (Å²) in [5.41, 5.74) is -0.0288. The summed E-state index contributed by atoms with van der Waals surface area (Å²) < 4.78 is 10.8. The maximum Gasteiger partial charge on any atom is 0.514 e. The number of nitro benzene ring substituents is 1. The second-order valence-corrected chi connectivity index (χ2v) is 8.22. The molecule has 1 aromatic carbocycles. The normalized spacial score (nSPS) is 18.0. The summed E-state index contributed by atoms with van der Waals surface area (Å²) in [6, 6.07) is 5.39. The van der Waals surface area contributed by atoms with Gasteiger partial charge in [0.25, 0.3) is 5.69 Å². The van der Waals surface area contributed by atoms with Crippen LogP contribution in [0.25, 0.3) is 0 Å². The Bertz CT molecular complexity index is 614. The van der Waals surface area contributed by atoms with E-state index >= 15 is 0 Å². The highest BCUT2D eigenvalue weighted by molar-refractivity contribution is 5.64. The van der Waals surface area contributed by atoms with E-state index < -0.39 is 11.1 Å². The average Bonchev–Trinajstić information content (AvgIpc) is 2.54. The largest absolute Gasteiger partial charge is 0.514 e.